The second kappa shape index (κ2) is 6.70. The summed E-state index contributed by atoms with van der Waals surface area (Å²) in [5.74, 6) is 1.19. The summed E-state index contributed by atoms with van der Waals surface area (Å²) < 4.78 is 13.9. The molecule has 0 aliphatic carbocycles. The first-order valence-corrected chi connectivity index (χ1v) is 8.06. The highest BCUT2D eigenvalue weighted by molar-refractivity contribution is 9.11. The van der Waals surface area contributed by atoms with E-state index in [1.54, 1.807) is 0 Å². The SMILES string of the molecule is NC(COc1c(Br)cc(Br)cc1Br)C1CCOC1. The van der Waals surface area contributed by atoms with E-state index in [1.807, 2.05) is 12.1 Å². The molecular weight excluding hydrogens is 430 g/mol. The maximum Gasteiger partial charge on any atom is 0.147 e. The van der Waals surface area contributed by atoms with Gasteiger partial charge in [-0.3, -0.25) is 0 Å². The van der Waals surface area contributed by atoms with Gasteiger partial charge in [-0.1, -0.05) is 15.9 Å². The molecule has 6 heteroatoms. The maximum absolute atomic E-state index is 6.11. The van der Waals surface area contributed by atoms with Gasteiger partial charge in [0.05, 0.1) is 15.6 Å². The molecule has 2 atom stereocenters. The molecule has 0 amide bonds. The Kier molecular flexibility index (Phi) is 5.50. The van der Waals surface area contributed by atoms with Crippen LogP contribution in [0.3, 0.4) is 0 Å². The molecule has 2 N–H and O–H groups in total. The lowest BCUT2D eigenvalue weighted by Crippen LogP contribution is -2.36. The van der Waals surface area contributed by atoms with E-state index in [-0.39, 0.29) is 6.04 Å². The van der Waals surface area contributed by atoms with Crippen LogP contribution in [0, 0.1) is 5.92 Å². The molecule has 100 valence electrons. The molecule has 1 aliphatic heterocycles. The molecule has 1 aromatic carbocycles. The second-order valence-electron chi connectivity index (χ2n) is 4.30. The zero-order valence-corrected chi connectivity index (χ0v) is 14.4. The van der Waals surface area contributed by atoms with Crippen LogP contribution in [0.2, 0.25) is 0 Å². The predicted molar refractivity (Wildman–Crippen MR) is 81.9 cm³/mol. The molecule has 0 saturated carbocycles. The number of hydrogen-bond donors (Lipinski definition) is 1. The van der Waals surface area contributed by atoms with Gasteiger partial charge in [-0.25, -0.2) is 0 Å². The lowest BCUT2D eigenvalue weighted by molar-refractivity contribution is 0.169. The van der Waals surface area contributed by atoms with Crippen molar-refractivity contribution in [2.45, 2.75) is 12.5 Å². The van der Waals surface area contributed by atoms with E-state index in [4.69, 9.17) is 15.2 Å². The number of halogens is 3. The van der Waals surface area contributed by atoms with Crippen LogP contribution in [0.4, 0.5) is 0 Å². The summed E-state index contributed by atoms with van der Waals surface area (Å²) in [4.78, 5) is 0. The van der Waals surface area contributed by atoms with Crippen LogP contribution in [-0.2, 0) is 4.74 Å². The minimum Gasteiger partial charge on any atom is -0.490 e. The minimum atomic E-state index is 0.00921. The molecule has 1 heterocycles. The summed E-state index contributed by atoms with van der Waals surface area (Å²) in [6, 6.07) is 3.91. The van der Waals surface area contributed by atoms with Crippen molar-refractivity contribution in [2.75, 3.05) is 19.8 Å². The van der Waals surface area contributed by atoms with Crippen LogP contribution in [0.1, 0.15) is 6.42 Å². The zero-order chi connectivity index (χ0) is 13.1. The highest BCUT2D eigenvalue weighted by Gasteiger charge is 2.23. The van der Waals surface area contributed by atoms with Crippen molar-refractivity contribution in [3.05, 3.63) is 25.6 Å². The van der Waals surface area contributed by atoms with Crippen LogP contribution < -0.4 is 10.5 Å². The third-order valence-corrected chi connectivity index (χ3v) is 4.59. The normalized spacial score (nSPS) is 21.0. The largest absolute Gasteiger partial charge is 0.490 e. The van der Waals surface area contributed by atoms with E-state index in [9.17, 15) is 0 Å². The van der Waals surface area contributed by atoms with Crippen LogP contribution in [0.25, 0.3) is 0 Å². The Labute approximate surface area is 132 Å². The number of benzene rings is 1. The van der Waals surface area contributed by atoms with Gasteiger partial charge in [0.25, 0.3) is 0 Å². The molecule has 0 bridgehead atoms. The second-order valence-corrected chi connectivity index (χ2v) is 6.92. The van der Waals surface area contributed by atoms with E-state index in [1.165, 1.54) is 0 Å². The molecule has 0 radical (unpaired) electrons. The Morgan fingerprint density at radius 1 is 1.33 bits per heavy atom. The van der Waals surface area contributed by atoms with E-state index in [0.717, 1.165) is 38.8 Å². The number of nitrogens with two attached hydrogens (primary N) is 1. The third kappa shape index (κ3) is 3.70. The van der Waals surface area contributed by atoms with Crippen LogP contribution >= 0.6 is 47.8 Å². The molecule has 1 aliphatic rings. The summed E-state index contributed by atoms with van der Waals surface area (Å²) in [5, 5.41) is 0. The highest BCUT2D eigenvalue weighted by Crippen LogP contribution is 2.36. The van der Waals surface area contributed by atoms with Gasteiger partial charge < -0.3 is 15.2 Å². The van der Waals surface area contributed by atoms with Crippen molar-refractivity contribution in [1.29, 1.82) is 0 Å². The van der Waals surface area contributed by atoms with Crippen LogP contribution in [-0.4, -0.2) is 25.9 Å². The quantitative estimate of drug-likeness (QED) is 0.771. The molecule has 1 saturated heterocycles. The highest BCUT2D eigenvalue weighted by atomic mass is 79.9. The minimum absolute atomic E-state index is 0.00921. The smallest absolute Gasteiger partial charge is 0.147 e. The summed E-state index contributed by atoms with van der Waals surface area (Å²) in [7, 11) is 0. The average Bonchev–Trinajstić information content (AvgIpc) is 2.80. The summed E-state index contributed by atoms with van der Waals surface area (Å²) in [6.07, 6.45) is 1.02. The Balaban J connectivity index is 1.97. The number of ether oxygens (including phenoxy) is 2. The first kappa shape index (κ1) is 14.8. The fourth-order valence-electron chi connectivity index (χ4n) is 1.87. The van der Waals surface area contributed by atoms with Crippen molar-refractivity contribution in [1.82, 2.24) is 0 Å². The fourth-order valence-corrected chi connectivity index (χ4v) is 4.36. The van der Waals surface area contributed by atoms with E-state index in [2.05, 4.69) is 47.8 Å². The molecule has 3 nitrogen and oxygen atoms in total. The van der Waals surface area contributed by atoms with Gasteiger partial charge in [0.2, 0.25) is 0 Å². The predicted octanol–water partition coefficient (Wildman–Crippen LogP) is 3.72. The molecule has 18 heavy (non-hydrogen) atoms. The van der Waals surface area contributed by atoms with Gasteiger partial charge in [-0.15, -0.1) is 0 Å². The van der Waals surface area contributed by atoms with Crippen molar-refractivity contribution in [3.8, 4) is 5.75 Å². The van der Waals surface area contributed by atoms with Crippen LogP contribution in [0.5, 0.6) is 5.75 Å². The molecular formula is C12H14Br3NO2. The van der Waals surface area contributed by atoms with Crippen LogP contribution in [0.15, 0.2) is 25.6 Å². The molecule has 1 aromatic rings. The lowest BCUT2D eigenvalue weighted by Gasteiger charge is -2.19. The Morgan fingerprint density at radius 2 is 2.00 bits per heavy atom. The van der Waals surface area contributed by atoms with Crippen molar-refractivity contribution < 1.29 is 9.47 Å². The molecule has 2 rings (SSSR count). The van der Waals surface area contributed by atoms with Crippen molar-refractivity contribution in [2.24, 2.45) is 11.7 Å². The summed E-state index contributed by atoms with van der Waals surface area (Å²) in [5.41, 5.74) is 6.11. The third-order valence-electron chi connectivity index (χ3n) is 2.95. The van der Waals surface area contributed by atoms with Gasteiger partial charge in [-0.05, 0) is 50.4 Å². The van der Waals surface area contributed by atoms with Crippen molar-refractivity contribution in [3.63, 3.8) is 0 Å². The lowest BCUT2D eigenvalue weighted by atomic mass is 10.0. The molecule has 2 unspecified atom stereocenters. The van der Waals surface area contributed by atoms with E-state index in [0.29, 0.717) is 12.5 Å². The number of hydrogen-bond acceptors (Lipinski definition) is 3. The first-order chi connectivity index (χ1) is 8.58. The van der Waals surface area contributed by atoms with Gasteiger partial charge in [0.1, 0.15) is 12.4 Å². The molecule has 1 fully saturated rings. The molecule has 0 aromatic heterocycles. The average molecular weight is 444 g/mol. The fraction of sp³-hybridized carbons (Fsp3) is 0.500. The molecule has 0 spiro atoms. The van der Waals surface area contributed by atoms with Gasteiger partial charge in [-0.2, -0.15) is 0 Å². The Morgan fingerprint density at radius 3 is 2.56 bits per heavy atom. The first-order valence-electron chi connectivity index (χ1n) is 5.68. The van der Waals surface area contributed by atoms with E-state index >= 15 is 0 Å². The Hall–Kier alpha value is 0.380. The van der Waals surface area contributed by atoms with Crippen molar-refractivity contribution >= 4 is 47.8 Å². The summed E-state index contributed by atoms with van der Waals surface area (Å²) in [6.45, 7) is 2.05. The van der Waals surface area contributed by atoms with E-state index < -0.39 is 0 Å². The van der Waals surface area contributed by atoms with Gasteiger partial charge in [0, 0.05) is 23.0 Å². The monoisotopic (exact) mass is 441 g/mol. The standard InChI is InChI=1S/C12H14Br3NO2/c13-8-3-9(14)12(10(15)4-8)18-6-11(16)7-1-2-17-5-7/h3-4,7,11H,1-2,5-6,16H2. The van der Waals surface area contributed by atoms with Gasteiger partial charge >= 0.3 is 0 Å². The number of rotatable bonds is 4. The zero-order valence-electron chi connectivity index (χ0n) is 9.67. The summed E-state index contributed by atoms with van der Waals surface area (Å²) >= 11 is 10.4. The van der Waals surface area contributed by atoms with Gasteiger partial charge in [0.15, 0.2) is 0 Å². The topological polar surface area (TPSA) is 44.5 Å². The Bertz CT molecular complexity index is 399. The maximum atomic E-state index is 6.11.